The molecule has 0 spiro atoms. The van der Waals surface area contributed by atoms with E-state index >= 15 is 0 Å². The number of amides is 2. The standard InChI is InChI=1S/C18H26I3N3O8/c19-13-11(17(31)23-3-7(27)1-9(29)5-25)14(20)16(22)15(21)12(13)18(32)24-4-8(28)2-10(30)6-26/h7-10,25-30H,1-6,22H2,(H,23,31)(H,24,32). The molecular weight excluding hydrogens is 767 g/mol. The van der Waals surface area contributed by atoms with E-state index in [1.807, 2.05) is 67.8 Å². The molecule has 1 rings (SSSR count). The minimum Gasteiger partial charge on any atom is -0.397 e. The molecular formula is C18H26I3N3O8. The fraction of sp³-hybridized carbons (Fsp3) is 0.556. The molecule has 11 nitrogen and oxygen atoms in total. The van der Waals surface area contributed by atoms with Gasteiger partial charge in [0.1, 0.15) is 0 Å². The van der Waals surface area contributed by atoms with E-state index in [9.17, 15) is 30.0 Å². The van der Waals surface area contributed by atoms with Gasteiger partial charge >= 0.3 is 0 Å². The molecule has 0 heterocycles. The van der Waals surface area contributed by atoms with Crippen molar-refractivity contribution in [2.75, 3.05) is 32.0 Å². The molecule has 1 aromatic carbocycles. The number of nitrogens with one attached hydrogen (secondary N) is 2. The Hall–Kier alpha value is -0.0900. The van der Waals surface area contributed by atoms with Crippen molar-refractivity contribution < 1.29 is 40.2 Å². The number of halogens is 3. The molecule has 2 amide bonds. The van der Waals surface area contributed by atoms with E-state index in [0.717, 1.165) is 0 Å². The summed E-state index contributed by atoms with van der Waals surface area (Å²) in [5.41, 5.74) is 6.60. The van der Waals surface area contributed by atoms with Crippen molar-refractivity contribution in [2.45, 2.75) is 37.3 Å². The zero-order valence-corrected chi connectivity index (χ0v) is 23.2. The van der Waals surface area contributed by atoms with Crippen molar-refractivity contribution >= 4 is 85.3 Å². The minimum absolute atomic E-state index is 0.124. The van der Waals surface area contributed by atoms with Gasteiger partial charge < -0.3 is 47.0 Å². The van der Waals surface area contributed by atoms with E-state index in [2.05, 4.69) is 10.6 Å². The summed E-state index contributed by atoms with van der Waals surface area (Å²) >= 11 is 5.63. The molecule has 10 N–H and O–H groups in total. The number of hydrogen-bond donors (Lipinski definition) is 9. The van der Waals surface area contributed by atoms with Crippen LogP contribution in [0, 0.1) is 10.7 Å². The molecule has 0 radical (unpaired) electrons. The molecule has 32 heavy (non-hydrogen) atoms. The average Bonchev–Trinajstić information content (AvgIpc) is 2.74. The Morgan fingerprint density at radius 2 is 1.06 bits per heavy atom. The molecule has 0 fully saturated rings. The number of nitrogen functional groups attached to an aromatic ring is 1. The molecule has 4 unspecified atom stereocenters. The van der Waals surface area contributed by atoms with Crippen molar-refractivity contribution in [3.63, 3.8) is 0 Å². The van der Waals surface area contributed by atoms with Crippen molar-refractivity contribution in [1.29, 1.82) is 0 Å². The number of carbonyl (C=O) groups is 2. The van der Waals surface area contributed by atoms with Gasteiger partial charge in [-0.2, -0.15) is 0 Å². The van der Waals surface area contributed by atoms with Gasteiger partial charge in [-0.3, -0.25) is 9.59 Å². The van der Waals surface area contributed by atoms with Crippen LogP contribution < -0.4 is 16.4 Å². The maximum absolute atomic E-state index is 12.8. The number of rotatable bonds is 12. The second-order valence-electron chi connectivity index (χ2n) is 6.98. The quantitative estimate of drug-likeness (QED) is 0.0916. The summed E-state index contributed by atoms with van der Waals surface area (Å²) in [6, 6.07) is 0. The smallest absolute Gasteiger partial charge is 0.253 e. The van der Waals surface area contributed by atoms with Crippen molar-refractivity contribution in [3.05, 3.63) is 21.8 Å². The molecule has 0 saturated heterocycles. The van der Waals surface area contributed by atoms with E-state index in [-0.39, 0.29) is 42.7 Å². The zero-order valence-electron chi connectivity index (χ0n) is 16.8. The van der Waals surface area contributed by atoms with Gasteiger partial charge in [-0.1, -0.05) is 0 Å². The molecule has 0 saturated carbocycles. The third-order valence-electron chi connectivity index (χ3n) is 4.31. The van der Waals surface area contributed by atoms with Gasteiger partial charge in [-0.25, -0.2) is 0 Å². The van der Waals surface area contributed by atoms with E-state index < -0.39 is 49.4 Å². The molecule has 0 aromatic heterocycles. The van der Waals surface area contributed by atoms with Gasteiger partial charge in [0.05, 0.1) is 61.6 Å². The molecule has 0 bridgehead atoms. The number of aliphatic hydroxyl groups excluding tert-OH is 6. The highest BCUT2D eigenvalue weighted by molar-refractivity contribution is 14.1. The lowest BCUT2D eigenvalue weighted by molar-refractivity contribution is 0.0410. The van der Waals surface area contributed by atoms with E-state index in [0.29, 0.717) is 10.7 Å². The van der Waals surface area contributed by atoms with Crippen LogP contribution in [0.4, 0.5) is 5.69 Å². The van der Waals surface area contributed by atoms with Gasteiger partial charge in [0, 0.05) is 29.5 Å². The van der Waals surface area contributed by atoms with Gasteiger partial charge in [-0.05, 0) is 67.8 Å². The maximum Gasteiger partial charge on any atom is 0.253 e. The highest BCUT2D eigenvalue weighted by Gasteiger charge is 2.27. The number of carbonyl (C=O) groups excluding carboxylic acids is 2. The van der Waals surface area contributed by atoms with Crippen LogP contribution in [0.15, 0.2) is 0 Å². The third kappa shape index (κ3) is 8.60. The topological polar surface area (TPSA) is 206 Å². The Morgan fingerprint density at radius 1 is 0.719 bits per heavy atom. The van der Waals surface area contributed by atoms with Gasteiger partial charge in [-0.15, -0.1) is 0 Å². The predicted molar refractivity (Wildman–Crippen MR) is 141 cm³/mol. The van der Waals surface area contributed by atoms with Crippen LogP contribution in [-0.4, -0.2) is 93.2 Å². The largest absolute Gasteiger partial charge is 0.397 e. The molecule has 14 heteroatoms. The van der Waals surface area contributed by atoms with Gasteiger partial charge in [0.25, 0.3) is 11.8 Å². The normalized spacial score (nSPS) is 15.0. The second kappa shape index (κ2) is 14.3. The fourth-order valence-electron chi connectivity index (χ4n) is 2.62. The molecule has 0 aliphatic heterocycles. The first-order chi connectivity index (χ1) is 14.9. The molecule has 1 aromatic rings. The summed E-state index contributed by atoms with van der Waals surface area (Å²) in [4.78, 5) is 25.6. The van der Waals surface area contributed by atoms with Gasteiger partial charge in [0.15, 0.2) is 0 Å². The Kier molecular flexibility index (Phi) is 13.4. The Morgan fingerprint density at radius 3 is 1.38 bits per heavy atom. The summed E-state index contributed by atoms with van der Waals surface area (Å²) < 4.78 is 1.15. The summed E-state index contributed by atoms with van der Waals surface area (Å²) in [5.74, 6) is -1.17. The summed E-state index contributed by atoms with van der Waals surface area (Å²) in [7, 11) is 0. The number of hydrogen-bond acceptors (Lipinski definition) is 9. The van der Waals surface area contributed by atoms with E-state index in [4.69, 9.17) is 15.9 Å². The monoisotopic (exact) mass is 793 g/mol. The average molecular weight is 793 g/mol. The highest BCUT2D eigenvalue weighted by atomic mass is 127. The maximum atomic E-state index is 12.8. The molecule has 4 atom stereocenters. The van der Waals surface area contributed by atoms with Crippen molar-refractivity contribution in [1.82, 2.24) is 10.6 Å². The molecule has 0 aliphatic rings. The van der Waals surface area contributed by atoms with Crippen LogP contribution >= 0.6 is 67.8 Å². The minimum atomic E-state index is -1.11. The van der Waals surface area contributed by atoms with Crippen molar-refractivity contribution in [2.24, 2.45) is 0 Å². The number of aliphatic hydroxyl groups is 6. The van der Waals surface area contributed by atoms with E-state index in [1.165, 1.54) is 0 Å². The van der Waals surface area contributed by atoms with Crippen LogP contribution in [0.1, 0.15) is 33.6 Å². The predicted octanol–water partition coefficient (Wildman–Crippen LogP) is -1.25. The van der Waals surface area contributed by atoms with Crippen LogP contribution in [0.25, 0.3) is 0 Å². The lowest BCUT2D eigenvalue weighted by Gasteiger charge is -2.19. The first-order valence-corrected chi connectivity index (χ1v) is 12.6. The van der Waals surface area contributed by atoms with Gasteiger partial charge in [0.2, 0.25) is 0 Å². The SMILES string of the molecule is Nc1c(I)c(C(=O)NCC(O)CC(O)CO)c(I)c(C(=O)NCC(O)CC(O)CO)c1I. The Balaban J connectivity index is 3.04. The fourth-order valence-corrected chi connectivity index (χ4v) is 6.77. The van der Waals surface area contributed by atoms with Crippen LogP contribution in [0.2, 0.25) is 0 Å². The first-order valence-electron chi connectivity index (χ1n) is 9.40. The first kappa shape index (κ1) is 29.9. The van der Waals surface area contributed by atoms with E-state index in [1.54, 1.807) is 0 Å². The number of anilines is 1. The lowest BCUT2D eigenvalue weighted by atomic mass is 10.1. The number of benzene rings is 1. The van der Waals surface area contributed by atoms with Crippen molar-refractivity contribution in [3.8, 4) is 0 Å². The third-order valence-corrected chi connectivity index (χ3v) is 7.63. The second-order valence-corrected chi connectivity index (χ2v) is 10.2. The summed E-state index contributed by atoms with van der Waals surface area (Å²) in [6.45, 7) is -1.40. The molecule has 0 aliphatic carbocycles. The van der Waals surface area contributed by atoms with Crippen LogP contribution in [0.3, 0.4) is 0 Å². The lowest BCUT2D eigenvalue weighted by Crippen LogP contribution is -2.37. The Bertz CT molecular complexity index is 753. The zero-order chi connectivity index (χ0) is 24.6. The summed E-state index contributed by atoms with van der Waals surface area (Å²) in [5, 5.41) is 61.3. The van der Waals surface area contributed by atoms with Crippen LogP contribution in [0.5, 0.6) is 0 Å². The van der Waals surface area contributed by atoms with Crippen LogP contribution in [-0.2, 0) is 0 Å². The summed E-state index contributed by atoms with van der Waals surface area (Å²) in [6.07, 6.45) is -4.64. The molecule has 182 valence electrons. The Labute approximate surface area is 225 Å². The number of nitrogens with two attached hydrogens (primary N) is 1. The highest BCUT2D eigenvalue weighted by Crippen LogP contribution is 2.33.